The molecule has 0 aromatic rings. The zero-order chi connectivity index (χ0) is 13.6. The second kappa shape index (κ2) is 7.05. The van der Waals surface area contributed by atoms with Crippen molar-refractivity contribution in [3.8, 4) is 0 Å². The highest BCUT2D eigenvalue weighted by Crippen LogP contribution is 2.18. The zero-order valence-electron chi connectivity index (χ0n) is 12.4. The number of allylic oxidation sites excluding steroid dienone is 1. The number of hydrogen-bond donors (Lipinski definition) is 0. The van der Waals surface area contributed by atoms with Crippen LogP contribution >= 0.6 is 0 Å². The lowest BCUT2D eigenvalue weighted by Crippen LogP contribution is -2.46. The van der Waals surface area contributed by atoms with Gasteiger partial charge < -0.3 is 4.90 Å². The SMILES string of the molecule is CCN1CCN(C/C=C/C(=O)CC(C)(C)C)CC1. The molecule has 3 nitrogen and oxygen atoms in total. The fourth-order valence-electron chi connectivity index (χ4n) is 2.20. The van der Waals surface area contributed by atoms with E-state index < -0.39 is 0 Å². The van der Waals surface area contributed by atoms with E-state index in [2.05, 4.69) is 37.5 Å². The van der Waals surface area contributed by atoms with Gasteiger partial charge in [-0.3, -0.25) is 9.69 Å². The van der Waals surface area contributed by atoms with Crippen LogP contribution in [0.4, 0.5) is 0 Å². The van der Waals surface area contributed by atoms with E-state index >= 15 is 0 Å². The van der Waals surface area contributed by atoms with Gasteiger partial charge in [-0.2, -0.15) is 0 Å². The third kappa shape index (κ3) is 6.31. The zero-order valence-corrected chi connectivity index (χ0v) is 12.4. The molecule has 1 saturated heterocycles. The van der Waals surface area contributed by atoms with Gasteiger partial charge in [0.05, 0.1) is 0 Å². The highest BCUT2D eigenvalue weighted by atomic mass is 16.1. The minimum absolute atomic E-state index is 0.0914. The fraction of sp³-hybridized carbons (Fsp3) is 0.800. The summed E-state index contributed by atoms with van der Waals surface area (Å²) in [5.74, 6) is 0.245. The summed E-state index contributed by atoms with van der Waals surface area (Å²) < 4.78 is 0. The molecule has 0 atom stereocenters. The van der Waals surface area contributed by atoms with Crippen LogP contribution in [0.1, 0.15) is 34.1 Å². The van der Waals surface area contributed by atoms with Crippen LogP contribution < -0.4 is 0 Å². The molecule has 0 aromatic carbocycles. The van der Waals surface area contributed by atoms with Crippen molar-refractivity contribution in [3.63, 3.8) is 0 Å². The molecule has 0 radical (unpaired) electrons. The first-order valence-electron chi connectivity index (χ1n) is 7.05. The monoisotopic (exact) mass is 252 g/mol. The molecular formula is C15H28N2O. The molecule has 0 bridgehead atoms. The van der Waals surface area contributed by atoms with Gasteiger partial charge in [0.15, 0.2) is 5.78 Å². The van der Waals surface area contributed by atoms with Crippen molar-refractivity contribution in [1.82, 2.24) is 9.80 Å². The highest BCUT2D eigenvalue weighted by molar-refractivity contribution is 5.90. The third-order valence-corrected chi connectivity index (χ3v) is 3.28. The van der Waals surface area contributed by atoms with E-state index in [9.17, 15) is 4.79 Å². The average Bonchev–Trinajstić information content (AvgIpc) is 2.27. The van der Waals surface area contributed by atoms with Crippen molar-refractivity contribution in [2.45, 2.75) is 34.1 Å². The quantitative estimate of drug-likeness (QED) is 0.701. The molecule has 0 saturated carbocycles. The molecule has 1 rings (SSSR count). The predicted octanol–water partition coefficient (Wildman–Crippen LogP) is 2.19. The molecular weight excluding hydrogens is 224 g/mol. The van der Waals surface area contributed by atoms with Crippen LogP contribution in [0.15, 0.2) is 12.2 Å². The topological polar surface area (TPSA) is 23.6 Å². The van der Waals surface area contributed by atoms with Gasteiger partial charge in [-0.15, -0.1) is 0 Å². The van der Waals surface area contributed by atoms with E-state index in [1.54, 1.807) is 6.08 Å². The molecule has 0 spiro atoms. The first-order chi connectivity index (χ1) is 8.40. The Morgan fingerprint density at radius 2 is 1.67 bits per heavy atom. The lowest BCUT2D eigenvalue weighted by atomic mass is 9.90. The summed E-state index contributed by atoms with van der Waals surface area (Å²) in [5.41, 5.74) is 0.0914. The van der Waals surface area contributed by atoms with E-state index in [1.165, 1.54) is 0 Å². The van der Waals surface area contributed by atoms with Crippen LogP contribution in [0.3, 0.4) is 0 Å². The molecule has 18 heavy (non-hydrogen) atoms. The largest absolute Gasteiger partial charge is 0.301 e. The van der Waals surface area contributed by atoms with Gasteiger partial charge in [0.1, 0.15) is 0 Å². The van der Waals surface area contributed by atoms with Crippen molar-refractivity contribution in [1.29, 1.82) is 0 Å². The summed E-state index contributed by atoms with van der Waals surface area (Å²) in [4.78, 5) is 16.6. The number of carbonyl (C=O) groups is 1. The van der Waals surface area contributed by atoms with Gasteiger partial charge in [-0.25, -0.2) is 0 Å². The van der Waals surface area contributed by atoms with Crippen LogP contribution in [0.25, 0.3) is 0 Å². The Bertz CT molecular complexity index is 283. The number of likely N-dealkylation sites (N-methyl/N-ethyl adjacent to an activating group) is 1. The van der Waals surface area contributed by atoms with Crippen LogP contribution in [0.2, 0.25) is 0 Å². The molecule has 3 heteroatoms. The molecule has 0 aliphatic carbocycles. The van der Waals surface area contributed by atoms with Crippen molar-refractivity contribution >= 4 is 5.78 Å². The lowest BCUT2D eigenvalue weighted by molar-refractivity contribution is -0.116. The third-order valence-electron chi connectivity index (χ3n) is 3.28. The van der Waals surface area contributed by atoms with Crippen LogP contribution in [-0.4, -0.2) is 54.9 Å². The molecule has 1 aliphatic rings. The number of nitrogens with zero attached hydrogens (tertiary/aromatic N) is 2. The van der Waals surface area contributed by atoms with Gasteiger partial charge in [-0.05, 0) is 18.0 Å². The average molecular weight is 252 g/mol. The van der Waals surface area contributed by atoms with Crippen LogP contribution in [-0.2, 0) is 4.79 Å². The van der Waals surface area contributed by atoms with Crippen LogP contribution in [0, 0.1) is 5.41 Å². The maximum Gasteiger partial charge on any atom is 0.155 e. The van der Waals surface area contributed by atoms with Crippen molar-refractivity contribution in [3.05, 3.63) is 12.2 Å². The van der Waals surface area contributed by atoms with E-state index in [0.717, 1.165) is 39.3 Å². The summed E-state index contributed by atoms with van der Waals surface area (Å²) in [6.45, 7) is 15.1. The summed E-state index contributed by atoms with van der Waals surface area (Å²) in [5, 5.41) is 0. The summed E-state index contributed by atoms with van der Waals surface area (Å²) in [6, 6.07) is 0. The van der Waals surface area contributed by atoms with E-state index in [-0.39, 0.29) is 11.2 Å². The molecule has 0 unspecified atom stereocenters. The summed E-state index contributed by atoms with van der Waals surface area (Å²) >= 11 is 0. The smallest absolute Gasteiger partial charge is 0.155 e. The Morgan fingerprint density at radius 3 is 2.17 bits per heavy atom. The van der Waals surface area contributed by atoms with Crippen LogP contribution in [0.5, 0.6) is 0 Å². The van der Waals surface area contributed by atoms with Gasteiger partial charge >= 0.3 is 0 Å². The Morgan fingerprint density at radius 1 is 1.11 bits per heavy atom. The number of piperazine rings is 1. The Kier molecular flexibility index (Phi) is 6.03. The van der Waals surface area contributed by atoms with Gasteiger partial charge in [0.25, 0.3) is 0 Å². The maximum atomic E-state index is 11.7. The Labute approximate surface area is 112 Å². The molecule has 0 amide bonds. The first-order valence-corrected chi connectivity index (χ1v) is 7.05. The van der Waals surface area contributed by atoms with E-state index in [0.29, 0.717) is 6.42 Å². The van der Waals surface area contributed by atoms with Gasteiger partial charge in [-0.1, -0.05) is 33.8 Å². The summed E-state index contributed by atoms with van der Waals surface area (Å²) in [7, 11) is 0. The first kappa shape index (κ1) is 15.4. The lowest BCUT2D eigenvalue weighted by Gasteiger charge is -2.33. The minimum atomic E-state index is 0.0914. The number of carbonyl (C=O) groups excluding carboxylic acids is 1. The molecule has 1 aliphatic heterocycles. The maximum absolute atomic E-state index is 11.7. The predicted molar refractivity (Wildman–Crippen MR) is 76.8 cm³/mol. The normalized spacial score (nSPS) is 19.6. The minimum Gasteiger partial charge on any atom is -0.301 e. The van der Waals surface area contributed by atoms with E-state index in [4.69, 9.17) is 0 Å². The van der Waals surface area contributed by atoms with Crippen molar-refractivity contribution in [2.75, 3.05) is 39.3 Å². The number of ketones is 1. The number of rotatable bonds is 5. The highest BCUT2D eigenvalue weighted by Gasteiger charge is 2.15. The molecule has 1 fully saturated rings. The van der Waals surface area contributed by atoms with Crippen molar-refractivity contribution < 1.29 is 4.79 Å². The molecule has 0 N–H and O–H groups in total. The molecule has 1 heterocycles. The standard InChI is InChI=1S/C15H28N2O/c1-5-16-9-11-17(12-10-16)8-6-7-14(18)13-15(2,3)4/h6-7H,5,8-13H2,1-4H3/b7-6+. The van der Waals surface area contributed by atoms with Gasteiger partial charge in [0, 0.05) is 39.1 Å². The van der Waals surface area contributed by atoms with E-state index in [1.807, 2.05) is 6.08 Å². The second-order valence-electron chi connectivity index (χ2n) is 6.34. The Balaban J connectivity index is 2.23. The Hall–Kier alpha value is -0.670. The molecule has 0 aromatic heterocycles. The number of hydrogen-bond acceptors (Lipinski definition) is 3. The fourth-order valence-corrected chi connectivity index (χ4v) is 2.20. The summed E-state index contributed by atoms with van der Waals surface area (Å²) in [6.07, 6.45) is 4.42. The van der Waals surface area contributed by atoms with Crippen molar-refractivity contribution in [2.24, 2.45) is 5.41 Å². The van der Waals surface area contributed by atoms with Gasteiger partial charge in [0.2, 0.25) is 0 Å². The molecule has 104 valence electrons. The second-order valence-corrected chi connectivity index (χ2v) is 6.34.